The van der Waals surface area contributed by atoms with E-state index in [4.69, 9.17) is 14.2 Å². The van der Waals surface area contributed by atoms with E-state index >= 15 is 0 Å². The largest absolute Gasteiger partial charge is 0.493 e. The first-order valence-corrected chi connectivity index (χ1v) is 13.2. The van der Waals surface area contributed by atoms with Crippen LogP contribution in [-0.2, 0) is 14.3 Å². The molecule has 2 aromatic rings. The molecule has 5 rings (SSSR count). The molecule has 3 aliphatic rings. The second-order valence-corrected chi connectivity index (χ2v) is 10.2. The summed E-state index contributed by atoms with van der Waals surface area (Å²) in [5, 5.41) is 3.45. The van der Waals surface area contributed by atoms with Gasteiger partial charge in [-0.25, -0.2) is 4.79 Å². The van der Waals surface area contributed by atoms with E-state index in [0.29, 0.717) is 35.5 Å². The zero-order valence-electron chi connectivity index (χ0n) is 21.8. The van der Waals surface area contributed by atoms with Crippen LogP contribution in [0.15, 0.2) is 71.1 Å². The molecule has 2 aromatic carbocycles. The molecule has 6 nitrogen and oxygen atoms in total. The molecule has 0 radical (unpaired) electrons. The lowest BCUT2D eigenvalue weighted by molar-refractivity contribution is -0.146. The highest BCUT2D eigenvalue weighted by Gasteiger charge is 2.42. The van der Waals surface area contributed by atoms with Gasteiger partial charge in [-0.15, -0.1) is 0 Å². The first kappa shape index (κ1) is 25.1. The van der Waals surface area contributed by atoms with Crippen LogP contribution in [0.2, 0.25) is 0 Å². The van der Waals surface area contributed by atoms with Crippen LogP contribution in [0.4, 0.5) is 0 Å². The first-order chi connectivity index (χ1) is 18.0. The fraction of sp³-hybridized carbons (Fsp3) is 0.419. The molecular formula is C31H35NO5. The number of dihydropyridines is 1. The van der Waals surface area contributed by atoms with Crippen molar-refractivity contribution in [3.05, 3.63) is 82.2 Å². The van der Waals surface area contributed by atoms with Crippen molar-refractivity contribution in [3.8, 4) is 11.5 Å². The van der Waals surface area contributed by atoms with E-state index in [1.54, 1.807) is 14.2 Å². The van der Waals surface area contributed by atoms with Crippen LogP contribution in [0.25, 0.3) is 0 Å². The summed E-state index contributed by atoms with van der Waals surface area (Å²) >= 11 is 0. The third-order valence-corrected chi connectivity index (χ3v) is 7.89. The van der Waals surface area contributed by atoms with E-state index in [9.17, 15) is 9.59 Å². The molecule has 1 heterocycles. The zero-order chi connectivity index (χ0) is 25.9. The molecule has 0 spiro atoms. The maximum absolute atomic E-state index is 13.8. The van der Waals surface area contributed by atoms with Gasteiger partial charge in [-0.2, -0.15) is 0 Å². The molecule has 0 bridgehead atoms. The molecule has 0 unspecified atom stereocenters. The zero-order valence-corrected chi connectivity index (χ0v) is 21.8. The van der Waals surface area contributed by atoms with E-state index in [1.165, 1.54) is 6.42 Å². The first-order valence-electron chi connectivity index (χ1n) is 13.2. The van der Waals surface area contributed by atoms with Crippen LogP contribution < -0.4 is 14.8 Å². The summed E-state index contributed by atoms with van der Waals surface area (Å²) in [6.45, 7) is 1.91. The minimum absolute atomic E-state index is 0.0536. The third-order valence-electron chi connectivity index (χ3n) is 7.89. The summed E-state index contributed by atoms with van der Waals surface area (Å²) in [5.41, 5.74) is 4.74. The van der Waals surface area contributed by atoms with E-state index in [-0.39, 0.29) is 23.8 Å². The number of hydrogen-bond acceptors (Lipinski definition) is 6. The van der Waals surface area contributed by atoms with Gasteiger partial charge in [-0.05, 0) is 68.2 Å². The number of hydrogen-bond donors (Lipinski definition) is 1. The lowest BCUT2D eigenvalue weighted by atomic mass is 9.71. The molecule has 6 heteroatoms. The smallest absolute Gasteiger partial charge is 0.337 e. The number of nitrogens with one attached hydrogen (secondary N) is 1. The Morgan fingerprint density at radius 1 is 0.892 bits per heavy atom. The van der Waals surface area contributed by atoms with Gasteiger partial charge >= 0.3 is 5.97 Å². The number of benzene rings is 2. The van der Waals surface area contributed by atoms with Crippen LogP contribution in [0.5, 0.6) is 11.5 Å². The van der Waals surface area contributed by atoms with Gasteiger partial charge in [0, 0.05) is 29.3 Å². The molecule has 0 saturated heterocycles. The average Bonchev–Trinajstić information content (AvgIpc) is 2.92. The Labute approximate surface area is 218 Å². The Hall–Kier alpha value is -3.54. The van der Waals surface area contributed by atoms with Gasteiger partial charge in [-0.3, -0.25) is 4.79 Å². The lowest BCUT2D eigenvalue weighted by Crippen LogP contribution is -2.37. The van der Waals surface area contributed by atoms with Crippen LogP contribution in [0.1, 0.15) is 74.8 Å². The number of methoxy groups -OCH3 is 2. The van der Waals surface area contributed by atoms with Crippen molar-refractivity contribution in [2.24, 2.45) is 0 Å². The predicted octanol–water partition coefficient (Wildman–Crippen LogP) is 5.94. The molecule has 37 heavy (non-hydrogen) atoms. The highest BCUT2D eigenvalue weighted by Crippen LogP contribution is 2.47. The summed E-state index contributed by atoms with van der Waals surface area (Å²) in [5.74, 6) is 0.425. The van der Waals surface area contributed by atoms with E-state index in [1.807, 2.05) is 43.3 Å². The second kappa shape index (κ2) is 10.8. The minimum atomic E-state index is -0.531. The molecule has 0 amide bonds. The van der Waals surface area contributed by atoms with Crippen LogP contribution in [-0.4, -0.2) is 32.1 Å². The molecule has 0 aromatic heterocycles. The SMILES string of the molecule is COc1ccc([C@@H]2C(C(=O)OC3CCCCC3)=C(C)NC3=C2C(=O)C[C@H](c2ccccc2)C3)cc1OC. The normalized spacial score (nSPS) is 22.3. The fourth-order valence-corrected chi connectivity index (χ4v) is 6.03. The second-order valence-electron chi connectivity index (χ2n) is 10.2. The van der Waals surface area contributed by atoms with Gasteiger partial charge in [0.05, 0.1) is 19.8 Å². The number of ether oxygens (including phenoxy) is 3. The van der Waals surface area contributed by atoms with Crippen molar-refractivity contribution in [2.75, 3.05) is 14.2 Å². The Bertz CT molecular complexity index is 1240. The van der Waals surface area contributed by atoms with Crippen LogP contribution in [0, 0.1) is 0 Å². The summed E-state index contributed by atoms with van der Waals surface area (Å²) in [6, 6.07) is 15.8. The number of carbonyl (C=O) groups is 2. The van der Waals surface area contributed by atoms with E-state index in [2.05, 4.69) is 17.4 Å². The maximum Gasteiger partial charge on any atom is 0.337 e. The predicted molar refractivity (Wildman–Crippen MR) is 142 cm³/mol. The summed E-state index contributed by atoms with van der Waals surface area (Å²) in [6.07, 6.45) is 6.13. The Morgan fingerprint density at radius 3 is 2.32 bits per heavy atom. The monoisotopic (exact) mass is 501 g/mol. The number of allylic oxidation sites excluding steroid dienone is 3. The quantitative estimate of drug-likeness (QED) is 0.494. The van der Waals surface area contributed by atoms with Crippen LogP contribution >= 0.6 is 0 Å². The highest BCUT2D eigenvalue weighted by atomic mass is 16.5. The molecule has 1 aliphatic heterocycles. The molecular weight excluding hydrogens is 466 g/mol. The average molecular weight is 502 g/mol. The van der Waals surface area contributed by atoms with E-state index < -0.39 is 5.92 Å². The summed E-state index contributed by atoms with van der Waals surface area (Å²) in [4.78, 5) is 27.5. The summed E-state index contributed by atoms with van der Waals surface area (Å²) < 4.78 is 17.1. The topological polar surface area (TPSA) is 73.9 Å². The summed E-state index contributed by atoms with van der Waals surface area (Å²) in [7, 11) is 3.18. The van der Waals surface area contributed by atoms with Gasteiger partial charge in [-0.1, -0.05) is 42.8 Å². The maximum atomic E-state index is 13.8. The molecule has 194 valence electrons. The number of rotatable bonds is 6. The molecule has 1 fully saturated rings. The standard InChI is InChI=1S/C31H35NO5/c1-19-28(31(34)37-23-12-8-5-9-13-23)29(21-14-15-26(35-2)27(18-21)36-3)30-24(32-19)16-22(17-25(30)33)20-10-6-4-7-11-20/h4,6-7,10-11,14-15,18,22-23,29,32H,5,8-9,12-13,16-17H2,1-3H3/t22-,29-/m1/s1. The molecule has 2 atom stereocenters. The van der Waals surface area contributed by atoms with Crippen molar-refractivity contribution >= 4 is 11.8 Å². The Morgan fingerprint density at radius 2 is 1.62 bits per heavy atom. The van der Waals surface area contributed by atoms with Crippen molar-refractivity contribution in [2.45, 2.75) is 69.8 Å². The van der Waals surface area contributed by atoms with Crippen molar-refractivity contribution in [1.29, 1.82) is 0 Å². The highest BCUT2D eigenvalue weighted by molar-refractivity contribution is 6.04. The molecule has 1 saturated carbocycles. The van der Waals surface area contributed by atoms with E-state index in [0.717, 1.165) is 48.2 Å². The lowest BCUT2D eigenvalue weighted by Gasteiger charge is -2.37. The van der Waals surface area contributed by atoms with Gasteiger partial charge in [0.1, 0.15) is 6.10 Å². The molecule has 2 aliphatic carbocycles. The number of ketones is 1. The van der Waals surface area contributed by atoms with Gasteiger partial charge in [0.2, 0.25) is 0 Å². The number of carbonyl (C=O) groups excluding carboxylic acids is 2. The minimum Gasteiger partial charge on any atom is -0.493 e. The van der Waals surface area contributed by atoms with Gasteiger partial charge in [0.25, 0.3) is 0 Å². The Kier molecular flexibility index (Phi) is 7.36. The number of esters is 1. The van der Waals surface area contributed by atoms with Crippen molar-refractivity contribution in [1.82, 2.24) is 5.32 Å². The van der Waals surface area contributed by atoms with Crippen molar-refractivity contribution in [3.63, 3.8) is 0 Å². The van der Waals surface area contributed by atoms with Gasteiger partial charge < -0.3 is 19.5 Å². The fourth-order valence-electron chi connectivity index (χ4n) is 6.03. The van der Waals surface area contributed by atoms with Gasteiger partial charge in [0.15, 0.2) is 17.3 Å². The van der Waals surface area contributed by atoms with Crippen LogP contribution in [0.3, 0.4) is 0 Å². The number of Topliss-reactive ketones (excluding diaryl/α,β-unsaturated/α-hetero) is 1. The van der Waals surface area contributed by atoms with Crippen molar-refractivity contribution < 1.29 is 23.8 Å². The Balaban J connectivity index is 1.56. The third kappa shape index (κ3) is 5.02. The molecule has 1 N–H and O–H groups in total.